The number of methoxy groups -OCH3 is 2. The van der Waals surface area contributed by atoms with Crippen molar-refractivity contribution in [2.75, 3.05) is 33.9 Å². The summed E-state index contributed by atoms with van der Waals surface area (Å²) >= 11 is 0. The van der Waals surface area contributed by atoms with Crippen molar-refractivity contribution < 1.29 is 23.4 Å². The number of nitrogens with zero attached hydrogens (tertiary/aromatic N) is 3. The number of esters is 1. The number of rotatable bonds is 10. The number of aromatic nitrogens is 2. The number of likely N-dealkylation sites (tertiary alicyclic amines) is 1. The summed E-state index contributed by atoms with van der Waals surface area (Å²) in [7, 11) is 3.08. The van der Waals surface area contributed by atoms with Crippen molar-refractivity contribution >= 4 is 17.1 Å². The maximum atomic E-state index is 11.5. The Morgan fingerprint density at radius 2 is 1.86 bits per heavy atom. The summed E-state index contributed by atoms with van der Waals surface area (Å²) in [5.74, 6) is 1.83. The minimum Gasteiger partial charge on any atom is -0.497 e. The maximum absolute atomic E-state index is 11.5. The third kappa shape index (κ3) is 5.44. The molecule has 1 fully saturated rings. The summed E-state index contributed by atoms with van der Waals surface area (Å²) in [5, 5.41) is 0.752. The van der Waals surface area contributed by atoms with Crippen LogP contribution in [0.25, 0.3) is 33.6 Å². The number of carbonyl (C=O) groups is 1. The first-order valence-corrected chi connectivity index (χ1v) is 12.6. The van der Waals surface area contributed by atoms with Gasteiger partial charge in [-0.25, -0.2) is 9.97 Å². The summed E-state index contributed by atoms with van der Waals surface area (Å²) in [6.07, 6.45) is 4.82. The van der Waals surface area contributed by atoms with E-state index in [1.165, 1.54) is 13.4 Å². The monoisotopic (exact) mass is 501 g/mol. The van der Waals surface area contributed by atoms with Gasteiger partial charge in [-0.2, -0.15) is 0 Å². The van der Waals surface area contributed by atoms with Gasteiger partial charge in [0.25, 0.3) is 0 Å². The molecular weight excluding hydrogens is 470 g/mol. The molecule has 8 nitrogen and oxygen atoms in total. The maximum Gasteiger partial charge on any atom is 0.305 e. The Hall–Kier alpha value is -3.91. The van der Waals surface area contributed by atoms with E-state index in [1.54, 1.807) is 7.11 Å². The fourth-order valence-corrected chi connectivity index (χ4v) is 4.92. The van der Waals surface area contributed by atoms with Gasteiger partial charge in [-0.05, 0) is 50.0 Å². The molecule has 37 heavy (non-hydrogen) atoms. The van der Waals surface area contributed by atoms with E-state index < -0.39 is 0 Å². The molecule has 4 aromatic rings. The van der Waals surface area contributed by atoms with Crippen molar-refractivity contribution in [1.29, 1.82) is 0 Å². The molecule has 8 heteroatoms. The molecule has 0 amide bonds. The Morgan fingerprint density at radius 1 is 1.05 bits per heavy atom. The molecule has 0 unspecified atom stereocenters. The first-order valence-electron chi connectivity index (χ1n) is 12.6. The minimum absolute atomic E-state index is 0.171. The molecule has 1 saturated heterocycles. The normalized spacial score (nSPS) is 15.7. The van der Waals surface area contributed by atoms with Gasteiger partial charge in [0.2, 0.25) is 11.6 Å². The Morgan fingerprint density at radius 3 is 2.62 bits per heavy atom. The van der Waals surface area contributed by atoms with E-state index >= 15 is 0 Å². The first-order chi connectivity index (χ1) is 18.2. The van der Waals surface area contributed by atoms with Crippen LogP contribution in [0.2, 0.25) is 0 Å². The van der Waals surface area contributed by atoms with E-state index in [9.17, 15) is 4.79 Å². The van der Waals surface area contributed by atoms with Crippen molar-refractivity contribution in [2.45, 2.75) is 31.7 Å². The van der Waals surface area contributed by atoms with Crippen LogP contribution in [0.3, 0.4) is 0 Å². The van der Waals surface area contributed by atoms with Crippen LogP contribution in [0, 0.1) is 0 Å². The summed E-state index contributed by atoms with van der Waals surface area (Å²) in [4.78, 5) is 22.8. The second kappa shape index (κ2) is 11.4. The lowest BCUT2D eigenvalue weighted by molar-refractivity contribution is -0.140. The molecule has 0 N–H and O–H groups in total. The third-order valence-corrected chi connectivity index (χ3v) is 6.83. The number of carbonyl (C=O) groups excluding carboxylic acids is 1. The minimum atomic E-state index is -0.171. The van der Waals surface area contributed by atoms with Crippen LogP contribution in [0.15, 0.2) is 65.3 Å². The van der Waals surface area contributed by atoms with Crippen molar-refractivity contribution in [2.24, 2.45) is 0 Å². The van der Waals surface area contributed by atoms with E-state index in [0.29, 0.717) is 24.6 Å². The highest BCUT2D eigenvalue weighted by molar-refractivity contribution is 6.03. The molecule has 1 aliphatic heterocycles. The first kappa shape index (κ1) is 24.8. The van der Waals surface area contributed by atoms with Gasteiger partial charge < -0.3 is 18.6 Å². The van der Waals surface area contributed by atoms with Crippen LogP contribution in [-0.4, -0.2) is 60.8 Å². The number of benzene rings is 2. The second-order valence-electron chi connectivity index (χ2n) is 9.08. The summed E-state index contributed by atoms with van der Waals surface area (Å²) < 4.78 is 22.8. The molecule has 192 valence electrons. The number of fused-ring (bicyclic) bond motifs is 1. The fraction of sp³-hybridized carbons (Fsp3) is 0.345. The zero-order valence-corrected chi connectivity index (χ0v) is 21.2. The van der Waals surface area contributed by atoms with Crippen molar-refractivity contribution in [3.8, 4) is 34.1 Å². The van der Waals surface area contributed by atoms with Crippen molar-refractivity contribution in [1.82, 2.24) is 14.9 Å². The lowest BCUT2D eigenvalue weighted by Crippen LogP contribution is -2.35. The molecule has 5 rings (SSSR count). The van der Waals surface area contributed by atoms with Crippen molar-refractivity contribution in [3.63, 3.8) is 0 Å². The van der Waals surface area contributed by atoms with Gasteiger partial charge in [0.1, 0.15) is 29.8 Å². The van der Waals surface area contributed by atoms with Crippen LogP contribution in [0.5, 0.6) is 11.6 Å². The summed E-state index contributed by atoms with van der Waals surface area (Å²) in [5.41, 5.74) is 3.28. The number of hydrogen-bond donors (Lipinski definition) is 0. The highest BCUT2D eigenvalue weighted by atomic mass is 16.5. The molecule has 0 aliphatic carbocycles. The topological polar surface area (TPSA) is 86.9 Å². The Bertz CT molecular complexity index is 1340. The summed E-state index contributed by atoms with van der Waals surface area (Å²) in [6.45, 7) is 2.33. The number of hydrogen-bond acceptors (Lipinski definition) is 8. The van der Waals surface area contributed by atoms with Gasteiger partial charge in [0.05, 0.1) is 14.2 Å². The SMILES string of the molecule is COC(=O)CCCN1CCC[C@@H]1COc1ncnc2oc(-c3ccccc3)c(-c3ccc(OC)cc3)c12. The molecular formula is C29H31N3O5. The Labute approximate surface area is 216 Å². The van der Waals surface area contributed by atoms with Crippen LogP contribution in [0.1, 0.15) is 25.7 Å². The van der Waals surface area contributed by atoms with Gasteiger partial charge >= 0.3 is 5.97 Å². The van der Waals surface area contributed by atoms with Gasteiger partial charge in [-0.1, -0.05) is 42.5 Å². The van der Waals surface area contributed by atoms with Gasteiger partial charge in [-0.3, -0.25) is 9.69 Å². The molecule has 0 saturated carbocycles. The molecule has 1 atom stereocenters. The smallest absolute Gasteiger partial charge is 0.305 e. The Kier molecular flexibility index (Phi) is 7.65. The molecule has 2 aromatic carbocycles. The highest BCUT2D eigenvalue weighted by Crippen LogP contribution is 2.43. The highest BCUT2D eigenvalue weighted by Gasteiger charge is 2.27. The summed E-state index contributed by atoms with van der Waals surface area (Å²) in [6, 6.07) is 18.1. The lowest BCUT2D eigenvalue weighted by atomic mass is 9.99. The third-order valence-electron chi connectivity index (χ3n) is 6.83. The molecule has 0 spiro atoms. The second-order valence-corrected chi connectivity index (χ2v) is 9.08. The molecule has 3 heterocycles. The fourth-order valence-electron chi connectivity index (χ4n) is 4.92. The van der Waals surface area contributed by atoms with E-state index in [1.807, 2.05) is 54.6 Å². The zero-order chi connectivity index (χ0) is 25.6. The van der Waals surface area contributed by atoms with Crippen molar-refractivity contribution in [3.05, 3.63) is 60.9 Å². The average Bonchev–Trinajstić information content (AvgIpc) is 3.57. The molecule has 1 aliphatic rings. The predicted octanol–water partition coefficient (Wildman–Crippen LogP) is 5.36. The predicted molar refractivity (Wildman–Crippen MR) is 141 cm³/mol. The van der Waals surface area contributed by atoms with Gasteiger partial charge in [-0.15, -0.1) is 0 Å². The Balaban J connectivity index is 1.45. The van der Waals surface area contributed by atoms with Crippen LogP contribution >= 0.6 is 0 Å². The van der Waals surface area contributed by atoms with Gasteiger partial charge in [0.15, 0.2) is 0 Å². The van der Waals surface area contributed by atoms with E-state index in [2.05, 4.69) is 14.9 Å². The van der Waals surface area contributed by atoms with Crippen LogP contribution in [0.4, 0.5) is 0 Å². The largest absolute Gasteiger partial charge is 0.497 e. The van der Waals surface area contributed by atoms with E-state index in [0.717, 1.165) is 65.9 Å². The van der Waals surface area contributed by atoms with E-state index in [-0.39, 0.29) is 12.0 Å². The number of furan rings is 1. The lowest BCUT2D eigenvalue weighted by Gasteiger charge is -2.24. The van der Waals surface area contributed by atoms with E-state index in [4.69, 9.17) is 18.6 Å². The molecule has 2 aromatic heterocycles. The van der Waals surface area contributed by atoms with Gasteiger partial charge in [0, 0.05) is 23.6 Å². The molecule has 0 radical (unpaired) electrons. The van der Waals surface area contributed by atoms with Crippen LogP contribution < -0.4 is 9.47 Å². The molecule has 0 bridgehead atoms. The average molecular weight is 502 g/mol. The zero-order valence-electron chi connectivity index (χ0n) is 21.2. The van der Waals surface area contributed by atoms with Crippen LogP contribution in [-0.2, 0) is 9.53 Å². The quantitative estimate of drug-likeness (QED) is 0.268. The number of ether oxygens (including phenoxy) is 3. The standard InChI is InChI=1S/C29H31N3O5/c1-34-23-14-12-20(13-15-23)25-26-28(30-19-31-29(26)37-27(25)21-8-4-3-5-9-21)36-18-22-10-6-16-32(22)17-7-11-24(33)35-2/h3-5,8-9,12-15,19,22H,6-7,10-11,16-18H2,1-2H3/t22-/m1/s1.